The topological polar surface area (TPSA) is 0 Å². The van der Waals surface area contributed by atoms with Crippen molar-refractivity contribution in [2.45, 2.75) is 0 Å². The summed E-state index contributed by atoms with van der Waals surface area (Å²) in [5.41, 5.74) is 0. The Hall–Kier alpha value is 2.64. The molecule has 0 saturated heterocycles. The minimum Gasteiger partial charge on any atom is 0 e. The molecule has 0 aliphatic heterocycles. The van der Waals surface area contributed by atoms with Gasteiger partial charge in [0.05, 0.1) is 0 Å². The van der Waals surface area contributed by atoms with Crippen LogP contribution in [0.15, 0.2) is 0 Å². The van der Waals surface area contributed by atoms with Crippen LogP contribution in [0.5, 0.6) is 0 Å². The normalized spacial score (nSPS) is 2.00. The predicted molar refractivity (Wildman–Crippen MR) is 0 cm³/mol. The molecule has 0 nitrogen and oxygen atoms in total. The van der Waals surface area contributed by atoms with E-state index in [1.807, 2.05) is 15.7 Å². The van der Waals surface area contributed by atoms with Crippen LogP contribution >= 0.6 is 0 Å². The van der Waals surface area contributed by atoms with Gasteiger partial charge in [0.15, 0.2) is 0 Å². The van der Waals surface area contributed by atoms with Gasteiger partial charge in [-0.25, -0.2) is 0 Å². The van der Waals surface area contributed by atoms with Crippen molar-refractivity contribution in [1.82, 2.24) is 0 Å². The first-order valence-corrected chi connectivity index (χ1v) is 6.73. The smallest absolute Gasteiger partial charge is 0 e. The molecule has 0 bridgehead atoms. The third-order valence-corrected chi connectivity index (χ3v) is 0. The average molecular weight is 593 g/mol. The molecule has 0 fully saturated rings. The van der Waals surface area contributed by atoms with Crippen molar-refractivity contribution in [2.24, 2.45) is 0 Å². The molecule has 0 heterocycles. The van der Waals surface area contributed by atoms with Gasteiger partial charge in [-0.2, -0.15) is 0 Å². The van der Waals surface area contributed by atoms with Crippen LogP contribution in [0.3, 0.4) is 0 Å². The fourth-order valence-electron chi connectivity index (χ4n) is 0. The minimum atomic E-state index is 0. The van der Waals surface area contributed by atoms with Gasteiger partial charge in [-0.05, 0) is 0 Å². The number of rotatable bonds is 0. The third-order valence-electron chi connectivity index (χ3n) is 0. The molecule has 0 rings (SSSR count). The molecule has 0 aromatic heterocycles. The fraction of sp³-hybridized carbons (Fsp3) is 0. The van der Waals surface area contributed by atoms with Crippen LogP contribution in [0.4, 0.5) is 0 Å². The Kier molecular flexibility index (Phi) is 69.5. The van der Waals surface area contributed by atoms with Gasteiger partial charge in [0, 0.05) is 39.0 Å². The zero-order valence-corrected chi connectivity index (χ0v) is 9.26. The summed E-state index contributed by atoms with van der Waals surface area (Å²) in [5.74, 6) is 0. The first-order valence-electron chi connectivity index (χ1n) is 0.101. The molecule has 0 aliphatic rings. The Morgan fingerprint density at radius 1 is 1.25 bits per heavy atom. The standard InChI is InChI=1S/Au.Ir.Rh.Ru. The van der Waals surface area contributed by atoms with Gasteiger partial charge in [-0.3, -0.25) is 0 Å². The molecule has 0 saturated carbocycles. The summed E-state index contributed by atoms with van der Waals surface area (Å²) in [5, 5.41) is 0. The summed E-state index contributed by atoms with van der Waals surface area (Å²) in [4.78, 5) is 0. The van der Waals surface area contributed by atoms with E-state index in [9.17, 15) is 0 Å². The van der Waals surface area contributed by atoms with E-state index >= 15 is 0 Å². The Balaban J connectivity index is -0.00000000500. The van der Waals surface area contributed by atoms with Gasteiger partial charge >= 0.3 is 33.9 Å². The Bertz CT molecular complexity index is 8.00. The van der Waals surface area contributed by atoms with Crippen molar-refractivity contribution < 1.29 is 72.8 Å². The van der Waals surface area contributed by atoms with Crippen molar-refractivity contribution in [2.75, 3.05) is 0 Å². The Morgan fingerprint density at radius 3 is 1.25 bits per heavy atom. The second kappa shape index (κ2) is 17.4. The van der Waals surface area contributed by atoms with E-state index in [0.717, 1.165) is 0 Å². The molecule has 1 radical (unpaired) electrons. The van der Waals surface area contributed by atoms with Crippen molar-refractivity contribution in [3.8, 4) is 0 Å². The second-order valence-electron chi connectivity index (χ2n) is 0. The van der Waals surface area contributed by atoms with Crippen LogP contribution in [0.1, 0.15) is 0 Å². The van der Waals surface area contributed by atoms with Crippen molar-refractivity contribution in [3.05, 3.63) is 0 Å². The summed E-state index contributed by atoms with van der Waals surface area (Å²) in [6.07, 6.45) is 0. The summed E-state index contributed by atoms with van der Waals surface area (Å²) in [7, 11) is 0. The van der Waals surface area contributed by atoms with Gasteiger partial charge in [-0.1, -0.05) is 0 Å². The molecule has 0 aliphatic carbocycles. The van der Waals surface area contributed by atoms with Crippen molar-refractivity contribution >= 4 is 0 Å². The van der Waals surface area contributed by atoms with E-state index in [1.165, 1.54) is 0 Å². The monoisotopic (exact) mass is 595 g/mol. The molecular weight excluding hydrogens is 593 g/mol. The zero-order valence-electron chi connectivity index (χ0n) is 1.32. The molecule has 0 aromatic rings. The molecule has 4 heavy (non-hydrogen) atoms. The molecule has 0 spiro atoms. The Morgan fingerprint density at radius 2 is 1.25 bits per heavy atom. The molecule has 37 valence electrons. The zero-order chi connectivity index (χ0) is 2.00. The summed E-state index contributed by atoms with van der Waals surface area (Å²) in [6.45, 7) is 0. The maximum absolute atomic E-state index is 2.28. The minimum absolute atomic E-state index is 0. The molecule has 4 heteroatoms. The van der Waals surface area contributed by atoms with E-state index in [1.54, 1.807) is 0 Å². The molecule has 0 amide bonds. The van der Waals surface area contributed by atoms with E-state index in [2.05, 4.69) is 18.2 Å². The molecule has 0 unspecified atom stereocenters. The Labute approximate surface area is 71.6 Å². The maximum atomic E-state index is 2.28. The van der Waals surface area contributed by atoms with Crippen molar-refractivity contribution in [1.29, 1.82) is 0 Å². The first-order chi connectivity index (χ1) is 1.00. The number of hydrogen-bond donors (Lipinski definition) is 0. The largest absolute Gasteiger partial charge is 0 e. The second-order valence-corrected chi connectivity index (χ2v) is 0. The quantitative estimate of drug-likeness (QED) is 0.347. The van der Waals surface area contributed by atoms with Crippen LogP contribution in [-0.4, -0.2) is 0 Å². The summed E-state index contributed by atoms with van der Waals surface area (Å²) in [6, 6.07) is 0. The van der Waals surface area contributed by atoms with E-state index < -0.39 is 0 Å². The van der Waals surface area contributed by atoms with E-state index in [0.29, 0.717) is 0 Å². The van der Waals surface area contributed by atoms with E-state index in [4.69, 9.17) is 0 Å². The molecule has 0 N–H and O–H groups in total. The molecule has 0 aromatic carbocycles. The van der Waals surface area contributed by atoms with Gasteiger partial charge < -0.3 is 0 Å². The average Bonchev–Trinajstić information content (AvgIpc) is 1.00. The van der Waals surface area contributed by atoms with Crippen LogP contribution in [-0.2, 0) is 72.8 Å². The van der Waals surface area contributed by atoms with Gasteiger partial charge in [0.25, 0.3) is 0 Å². The van der Waals surface area contributed by atoms with Crippen molar-refractivity contribution in [3.63, 3.8) is 0 Å². The third kappa shape index (κ3) is 8.82. The van der Waals surface area contributed by atoms with Gasteiger partial charge in [0.2, 0.25) is 0 Å². The van der Waals surface area contributed by atoms with Gasteiger partial charge in [0.1, 0.15) is 0 Å². The summed E-state index contributed by atoms with van der Waals surface area (Å²) >= 11 is 4.22. The van der Waals surface area contributed by atoms with E-state index in [-0.39, 0.29) is 39.0 Å². The first kappa shape index (κ1) is 15.9. The van der Waals surface area contributed by atoms with Crippen LogP contribution in [0.2, 0.25) is 0 Å². The maximum Gasteiger partial charge on any atom is 0 e. The van der Waals surface area contributed by atoms with Crippen LogP contribution in [0, 0.1) is 0 Å². The molecular formula is AuIrRhRu. The van der Waals surface area contributed by atoms with Gasteiger partial charge in [-0.15, -0.1) is 0 Å². The fourth-order valence-corrected chi connectivity index (χ4v) is 0. The van der Waals surface area contributed by atoms with Crippen LogP contribution in [0.25, 0.3) is 0 Å². The number of hydrogen-bond acceptors (Lipinski definition) is 0. The summed E-state index contributed by atoms with van der Waals surface area (Å²) < 4.78 is 0. The predicted octanol–water partition coefficient (Wildman–Crippen LogP) is -0.0100. The van der Waals surface area contributed by atoms with Crippen LogP contribution < -0.4 is 0 Å². The molecule has 0 atom stereocenters. The SMILES string of the molecule is [Ir][Au].[Rh].[Ru].